The Morgan fingerprint density at radius 1 is 1.50 bits per heavy atom. The molecule has 0 aliphatic carbocycles. The van der Waals surface area contributed by atoms with Crippen molar-refractivity contribution in [1.29, 1.82) is 0 Å². The molecule has 0 N–H and O–H groups in total. The van der Waals surface area contributed by atoms with Gasteiger partial charge in [0.1, 0.15) is 0 Å². The highest BCUT2D eigenvalue weighted by atomic mass is 19.3. The van der Waals surface area contributed by atoms with Gasteiger partial charge in [0.25, 0.3) is 5.92 Å². The first-order valence-electron chi connectivity index (χ1n) is 3.40. The van der Waals surface area contributed by atoms with E-state index in [1.165, 1.54) is 0 Å². The summed E-state index contributed by atoms with van der Waals surface area (Å²) in [4.78, 5) is 0. The topological polar surface area (TPSA) is 0 Å². The maximum Gasteiger partial charge on any atom is 0.266 e. The number of hydrogen-bond donors (Lipinski definition) is 0. The number of hydrogen-bond acceptors (Lipinski definition) is 0. The van der Waals surface area contributed by atoms with Gasteiger partial charge in [-0.05, 0) is 17.9 Å². The zero-order valence-corrected chi connectivity index (χ0v) is 6.75. The van der Waals surface area contributed by atoms with E-state index in [9.17, 15) is 8.78 Å². The quantitative estimate of drug-likeness (QED) is 0.539. The van der Waals surface area contributed by atoms with Crippen LogP contribution in [0.1, 0.15) is 27.2 Å². The van der Waals surface area contributed by atoms with E-state index in [2.05, 4.69) is 6.58 Å². The second kappa shape index (κ2) is 3.13. The van der Waals surface area contributed by atoms with Crippen LogP contribution in [0.4, 0.5) is 8.78 Å². The van der Waals surface area contributed by atoms with Crippen molar-refractivity contribution in [3.05, 3.63) is 12.2 Å². The molecule has 2 heteroatoms. The molecule has 10 heavy (non-hydrogen) atoms. The van der Waals surface area contributed by atoms with Crippen LogP contribution in [0.3, 0.4) is 0 Å². The standard InChI is InChI=1S/C8H14F2/c1-6(2)5-7(3)8(4,9)10/h6H,3,5H2,1-2,4H3. The van der Waals surface area contributed by atoms with E-state index in [-0.39, 0.29) is 11.5 Å². The number of halogens is 2. The van der Waals surface area contributed by atoms with Gasteiger partial charge in [0.2, 0.25) is 0 Å². The van der Waals surface area contributed by atoms with Crippen LogP contribution in [-0.2, 0) is 0 Å². The van der Waals surface area contributed by atoms with Crippen molar-refractivity contribution in [2.24, 2.45) is 5.92 Å². The van der Waals surface area contributed by atoms with Crippen LogP contribution in [0.2, 0.25) is 0 Å². The highest BCUT2D eigenvalue weighted by molar-refractivity contribution is 5.05. The minimum Gasteiger partial charge on any atom is -0.202 e. The summed E-state index contributed by atoms with van der Waals surface area (Å²) in [5.74, 6) is -2.44. The first kappa shape index (κ1) is 9.60. The third-order valence-corrected chi connectivity index (χ3v) is 1.28. The zero-order chi connectivity index (χ0) is 8.36. The van der Waals surface area contributed by atoms with E-state index in [1.807, 2.05) is 13.8 Å². The Labute approximate surface area is 60.9 Å². The van der Waals surface area contributed by atoms with Gasteiger partial charge < -0.3 is 0 Å². The summed E-state index contributed by atoms with van der Waals surface area (Å²) in [5, 5.41) is 0. The van der Waals surface area contributed by atoms with E-state index in [1.54, 1.807) is 0 Å². The Balaban J connectivity index is 3.87. The van der Waals surface area contributed by atoms with E-state index < -0.39 is 5.92 Å². The number of allylic oxidation sites excluding steroid dienone is 1. The third-order valence-electron chi connectivity index (χ3n) is 1.28. The smallest absolute Gasteiger partial charge is 0.202 e. The van der Waals surface area contributed by atoms with Crippen LogP contribution in [0.5, 0.6) is 0 Å². The lowest BCUT2D eigenvalue weighted by Crippen LogP contribution is -2.14. The predicted octanol–water partition coefficient (Wildman–Crippen LogP) is 3.24. The number of alkyl halides is 2. The molecule has 0 amide bonds. The summed E-state index contributed by atoms with van der Waals surface area (Å²) < 4.78 is 24.8. The van der Waals surface area contributed by atoms with E-state index >= 15 is 0 Å². The fraction of sp³-hybridized carbons (Fsp3) is 0.750. The van der Waals surface area contributed by atoms with Crippen molar-refractivity contribution in [2.75, 3.05) is 0 Å². The summed E-state index contributed by atoms with van der Waals surface area (Å²) in [6.45, 7) is 8.00. The van der Waals surface area contributed by atoms with Gasteiger partial charge >= 0.3 is 0 Å². The van der Waals surface area contributed by atoms with Gasteiger partial charge in [-0.1, -0.05) is 20.4 Å². The Bertz CT molecular complexity index is 120. The molecule has 0 fully saturated rings. The van der Waals surface area contributed by atoms with Crippen molar-refractivity contribution in [3.8, 4) is 0 Å². The van der Waals surface area contributed by atoms with Crippen molar-refractivity contribution < 1.29 is 8.78 Å². The molecule has 0 aromatic heterocycles. The minimum atomic E-state index is -2.70. The van der Waals surface area contributed by atoms with Crippen molar-refractivity contribution in [2.45, 2.75) is 33.1 Å². The molecule has 0 aliphatic heterocycles. The molecular formula is C8H14F2. The highest BCUT2D eigenvalue weighted by Gasteiger charge is 2.25. The Morgan fingerprint density at radius 3 is 2.00 bits per heavy atom. The van der Waals surface area contributed by atoms with Gasteiger partial charge in [0.15, 0.2) is 0 Å². The van der Waals surface area contributed by atoms with Crippen LogP contribution in [0.15, 0.2) is 12.2 Å². The molecule has 0 heterocycles. The summed E-state index contributed by atoms with van der Waals surface area (Å²) in [6, 6.07) is 0. The minimum absolute atomic E-state index is 0.0301. The zero-order valence-electron chi connectivity index (χ0n) is 6.75. The molecule has 0 aromatic carbocycles. The SMILES string of the molecule is C=C(CC(C)C)C(C)(F)F. The van der Waals surface area contributed by atoms with Gasteiger partial charge in [-0.15, -0.1) is 0 Å². The van der Waals surface area contributed by atoms with Gasteiger partial charge in [0.05, 0.1) is 0 Å². The van der Waals surface area contributed by atoms with E-state index in [0.29, 0.717) is 6.42 Å². The first-order chi connectivity index (χ1) is 4.34. The molecule has 0 bridgehead atoms. The predicted molar refractivity (Wildman–Crippen MR) is 39.2 cm³/mol. The average molecular weight is 148 g/mol. The first-order valence-corrected chi connectivity index (χ1v) is 3.40. The number of rotatable bonds is 3. The fourth-order valence-electron chi connectivity index (χ4n) is 0.672. The molecule has 0 aromatic rings. The van der Waals surface area contributed by atoms with Crippen LogP contribution >= 0.6 is 0 Å². The molecule has 0 nitrogen and oxygen atoms in total. The molecule has 0 aliphatic rings. The summed E-state index contributed by atoms with van der Waals surface area (Å²) in [5.41, 5.74) is 0.0301. The molecule has 0 unspecified atom stereocenters. The summed E-state index contributed by atoms with van der Waals surface area (Å²) >= 11 is 0. The lowest BCUT2D eigenvalue weighted by Gasteiger charge is -2.14. The van der Waals surface area contributed by atoms with Gasteiger partial charge in [-0.3, -0.25) is 0 Å². The Hall–Kier alpha value is -0.400. The Kier molecular flexibility index (Phi) is 3.00. The van der Waals surface area contributed by atoms with Gasteiger partial charge in [0, 0.05) is 6.92 Å². The Morgan fingerprint density at radius 2 is 1.90 bits per heavy atom. The molecule has 0 rings (SSSR count). The molecular weight excluding hydrogens is 134 g/mol. The lowest BCUT2D eigenvalue weighted by atomic mass is 10.0. The lowest BCUT2D eigenvalue weighted by molar-refractivity contribution is 0.0583. The second-order valence-corrected chi connectivity index (χ2v) is 3.09. The van der Waals surface area contributed by atoms with Gasteiger partial charge in [-0.25, -0.2) is 8.78 Å². The van der Waals surface area contributed by atoms with Gasteiger partial charge in [-0.2, -0.15) is 0 Å². The van der Waals surface area contributed by atoms with Crippen molar-refractivity contribution in [1.82, 2.24) is 0 Å². The molecule has 60 valence electrons. The third kappa shape index (κ3) is 3.59. The summed E-state index contributed by atoms with van der Waals surface area (Å²) in [6.07, 6.45) is 0.406. The van der Waals surface area contributed by atoms with Crippen molar-refractivity contribution in [3.63, 3.8) is 0 Å². The van der Waals surface area contributed by atoms with E-state index in [0.717, 1.165) is 6.92 Å². The molecule has 0 saturated heterocycles. The van der Waals surface area contributed by atoms with Crippen LogP contribution < -0.4 is 0 Å². The maximum atomic E-state index is 12.4. The van der Waals surface area contributed by atoms with E-state index in [4.69, 9.17) is 0 Å². The monoisotopic (exact) mass is 148 g/mol. The van der Waals surface area contributed by atoms with Crippen LogP contribution in [0, 0.1) is 5.92 Å². The molecule has 0 radical (unpaired) electrons. The molecule has 0 spiro atoms. The maximum absolute atomic E-state index is 12.4. The van der Waals surface area contributed by atoms with Crippen molar-refractivity contribution >= 4 is 0 Å². The second-order valence-electron chi connectivity index (χ2n) is 3.09. The van der Waals surface area contributed by atoms with Crippen LogP contribution in [-0.4, -0.2) is 5.92 Å². The summed E-state index contributed by atoms with van der Waals surface area (Å²) in [7, 11) is 0. The molecule has 0 saturated carbocycles. The molecule has 0 atom stereocenters. The van der Waals surface area contributed by atoms with Crippen LogP contribution in [0.25, 0.3) is 0 Å². The highest BCUT2D eigenvalue weighted by Crippen LogP contribution is 2.26. The normalized spacial score (nSPS) is 12.2. The average Bonchev–Trinajstić information content (AvgIpc) is 1.60. The largest absolute Gasteiger partial charge is 0.266 e. The fourth-order valence-corrected chi connectivity index (χ4v) is 0.672.